The van der Waals surface area contributed by atoms with E-state index in [0.29, 0.717) is 19.1 Å². The van der Waals surface area contributed by atoms with Gasteiger partial charge in [-0.1, -0.05) is 15.9 Å². The minimum Gasteiger partial charge on any atom is -0.497 e. The maximum Gasteiger partial charge on any atom is 0.123 e. The molecule has 5 nitrogen and oxygen atoms in total. The number of hydrogen-bond donors (Lipinski definition) is 1. The first-order valence-electron chi connectivity index (χ1n) is 9.10. The molecule has 0 saturated heterocycles. The number of halogens is 1. The molecule has 146 valence electrons. The quantitative estimate of drug-likeness (QED) is 0.613. The largest absolute Gasteiger partial charge is 0.497 e. The van der Waals surface area contributed by atoms with Crippen LogP contribution < -0.4 is 14.2 Å². The molecule has 27 heavy (non-hydrogen) atoms. The topological polar surface area (TPSA) is 51.2 Å². The molecule has 0 heterocycles. The molecule has 1 aliphatic rings. The second-order valence-electron chi connectivity index (χ2n) is 6.76. The van der Waals surface area contributed by atoms with Crippen molar-refractivity contribution < 1.29 is 19.3 Å². The number of methoxy groups -OCH3 is 2. The van der Waals surface area contributed by atoms with Gasteiger partial charge in [0.2, 0.25) is 0 Å². The van der Waals surface area contributed by atoms with E-state index in [0.717, 1.165) is 40.1 Å². The van der Waals surface area contributed by atoms with Crippen molar-refractivity contribution >= 4 is 15.9 Å². The Balaban J connectivity index is 1.60. The summed E-state index contributed by atoms with van der Waals surface area (Å²) in [4.78, 5) is 2.30. The number of aliphatic hydroxyl groups is 1. The van der Waals surface area contributed by atoms with E-state index in [4.69, 9.17) is 14.2 Å². The van der Waals surface area contributed by atoms with Gasteiger partial charge in [-0.15, -0.1) is 0 Å². The summed E-state index contributed by atoms with van der Waals surface area (Å²) in [5.41, 5.74) is 1.06. The lowest BCUT2D eigenvalue weighted by Crippen LogP contribution is -2.36. The monoisotopic (exact) mass is 435 g/mol. The van der Waals surface area contributed by atoms with Gasteiger partial charge in [0.05, 0.1) is 14.2 Å². The summed E-state index contributed by atoms with van der Waals surface area (Å²) in [5.74, 6) is 2.40. The summed E-state index contributed by atoms with van der Waals surface area (Å²) in [6.45, 7) is 1.53. The van der Waals surface area contributed by atoms with E-state index in [1.54, 1.807) is 14.2 Å². The minimum atomic E-state index is -0.564. The Labute approximate surface area is 169 Å². The van der Waals surface area contributed by atoms with Gasteiger partial charge in [-0.25, -0.2) is 0 Å². The highest BCUT2D eigenvalue weighted by Crippen LogP contribution is 2.32. The molecule has 1 fully saturated rings. The Hall–Kier alpha value is -1.76. The number of nitrogens with zero attached hydrogens (tertiary/aromatic N) is 1. The Morgan fingerprint density at radius 3 is 2.41 bits per heavy atom. The van der Waals surface area contributed by atoms with Crippen molar-refractivity contribution in [3.63, 3.8) is 0 Å². The Morgan fingerprint density at radius 1 is 1.07 bits per heavy atom. The molecule has 1 N–H and O–H groups in total. The number of aliphatic hydroxyl groups excluding tert-OH is 1. The van der Waals surface area contributed by atoms with Crippen LogP contribution in [0.5, 0.6) is 17.2 Å². The standard InChI is InChI=1S/C21H26BrNO4/c1-25-20-9-10-21(26-2)15(11-20)12-23(17-5-6-17)13-18(24)14-27-19-7-3-16(22)4-8-19/h3-4,7-11,17-18,24H,5-6,12-14H2,1-2H3. The molecule has 1 saturated carbocycles. The maximum atomic E-state index is 10.5. The molecule has 6 heteroatoms. The molecular weight excluding hydrogens is 410 g/mol. The van der Waals surface area contributed by atoms with Gasteiger partial charge in [0, 0.05) is 29.2 Å². The highest BCUT2D eigenvalue weighted by molar-refractivity contribution is 9.10. The lowest BCUT2D eigenvalue weighted by atomic mass is 10.1. The summed E-state index contributed by atoms with van der Waals surface area (Å²) in [6, 6.07) is 13.9. The summed E-state index contributed by atoms with van der Waals surface area (Å²) < 4.78 is 17.6. The lowest BCUT2D eigenvalue weighted by Gasteiger charge is -2.26. The van der Waals surface area contributed by atoms with E-state index >= 15 is 0 Å². The average Bonchev–Trinajstić information content (AvgIpc) is 3.52. The highest BCUT2D eigenvalue weighted by Gasteiger charge is 2.31. The SMILES string of the molecule is COc1ccc(OC)c(CN(CC(O)COc2ccc(Br)cc2)C2CC2)c1. The molecule has 0 amide bonds. The minimum absolute atomic E-state index is 0.264. The smallest absolute Gasteiger partial charge is 0.123 e. The zero-order valence-electron chi connectivity index (χ0n) is 15.7. The van der Waals surface area contributed by atoms with Gasteiger partial charge < -0.3 is 19.3 Å². The Kier molecular flexibility index (Phi) is 6.99. The Morgan fingerprint density at radius 2 is 1.78 bits per heavy atom. The highest BCUT2D eigenvalue weighted by atomic mass is 79.9. The number of ether oxygens (including phenoxy) is 3. The third kappa shape index (κ3) is 5.86. The van der Waals surface area contributed by atoms with Crippen molar-refractivity contribution in [2.45, 2.75) is 31.5 Å². The molecule has 2 aromatic rings. The van der Waals surface area contributed by atoms with E-state index < -0.39 is 6.10 Å². The van der Waals surface area contributed by atoms with E-state index in [1.807, 2.05) is 42.5 Å². The van der Waals surface area contributed by atoms with Crippen LogP contribution in [0, 0.1) is 0 Å². The summed E-state index contributed by atoms with van der Waals surface area (Å²) in [6.07, 6.45) is 1.75. The van der Waals surface area contributed by atoms with Gasteiger partial charge in [-0.2, -0.15) is 0 Å². The fourth-order valence-corrected chi connectivity index (χ4v) is 3.32. The molecule has 1 aliphatic carbocycles. The molecule has 2 aromatic carbocycles. The third-order valence-corrected chi connectivity index (χ3v) is 5.15. The number of hydrogen-bond acceptors (Lipinski definition) is 5. The second-order valence-corrected chi connectivity index (χ2v) is 7.67. The molecule has 0 spiro atoms. The van der Waals surface area contributed by atoms with Crippen molar-refractivity contribution in [3.8, 4) is 17.2 Å². The fraction of sp³-hybridized carbons (Fsp3) is 0.429. The predicted molar refractivity (Wildman–Crippen MR) is 109 cm³/mol. The summed E-state index contributed by atoms with van der Waals surface area (Å²) in [5, 5.41) is 10.5. The summed E-state index contributed by atoms with van der Waals surface area (Å²) in [7, 11) is 3.33. The molecule has 0 aromatic heterocycles. The lowest BCUT2D eigenvalue weighted by molar-refractivity contribution is 0.0623. The predicted octanol–water partition coefficient (Wildman–Crippen LogP) is 3.87. The second kappa shape index (κ2) is 9.44. The first-order valence-corrected chi connectivity index (χ1v) is 9.89. The van der Waals surface area contributed by atoms with Gasteiger partial charge in [0.25, 0.3) is 0 Å². The molecule has 1 unspecified atom stereocenters. The molecule has 0 aliphatic heterocycles. The maximum absolute atomic E-state index is 10.5. The van der Waals surface area contributed by atoms with Crippen LogP contribution >= 0.6 is 15.9 Å². The molecule has 3 rings (SSSR count). The number of rotatable bonds is 10. The molecule has 0 bridgehead atoms. The first kappa shape index (κ1) is 20.0. The van der Waals surface area contributed by atoms with Crippen LogP contribution in [0.3, 0.4) is 0 Å². The van der Waals surface area contributed by atoms with E-state index in [2.05, 4.69) is 20.8 Å². The van der Waals surface area contributed by atoms with Gasteiger partial charge in [-0.3, -0.25) is 4.90 Å². The van der Waals surface area contributed by atoms with Crippen molar-refractivity contribution in [1.29, 1.82) is 0 Å². The van der Waals surface area contributed by atoms with Crippen LogP contribution in [-0.2, 0) is 6.54 Å². The van der Waals surface area contributed by atoms with E-state index in [1.165, 1.54) is 0 Å². The van der Waals surface area contributed by atoms with Crippen molar-refractivity contribution in [3.05, 3.63) is 52.5 Å². The molecular formula is C21H26BrNO4. The fourth-order valence-electron chi connectivity index (χ4n) is 3.05. The van der Waals surface area contributed by atoms with Gasteiger partial charge in [-0.05, 0) is 55.3 Å². The summed E-state index contributed by atoms with van der Waals surface area (Å²) >= 11 is 3.40. The van der Waals surface area contributed by atoms with Gasteiger partial charge in [0.1, 0.15) is 30.0 Å². The third-order valence-electron chi connectivity index (χ3n) is 4.63. The average molecular weight is 436 g/mol. The molecule has 0 radical (unpaired) electrons. The van der Waals surface area contributed by atoms with Crippen LogP contribution in [0.2, 0.25) is 0 Å². The Bertz CT molecular complexity index is 733. The van der Waals surface area contributed by atoms with Gasteiger partial charge >= 0.3 is 0 Å². The van der Waals surface area contributed by atoms with E-state index in [9.17, 15) is 5.11 Å². The first-order chi connectivity index (χ1) is 13.1. The normalized spacial score (nSPS) is 14.9. The van der Waals surface area contributed by atoms with Crippen LogP contribution in [-0.4, -0.2) is 49.5 Å². The molecule has 1 atom stereocenters. The van der Waals surface area contributed by atoms with Crippen LogP contribution in [0.25, 0.3) is 0 Å². The zero-order valence-corrected chi connectivity index (χ0v) is 17.3. The van der Waals surface area contributed by atoms with Crippen molar-refractivity contribution in [2.75, 3.05) is 27.4 Å². The van der Waals surface area contributed by atoms with Crippen LogP contribution in [0.4, 0.5) is 0 Å². The van der Waals surface area contributed by atoms with Crippen LogP contribution in [0.1, 0.15) is 18.4 Å². The van der Waals surface area contributed by atoms with Crippen molar-refractivity contribution in [1.82, 2.24) is 4.90 Å². The van der Waals surface area contributed by atoms with Gasteiger partial charge in [0.15, 0.2) is 0 Å². The number of benzene rings is 2. The van der Waals surface area contributed by atoms with Crippen LogP contribution in [0.15, 0.2) is 46.9 Å². The zero-order chi connectivity index (χ0) is 19.2. The van der Waals surface area contributed by atoms with E-state index in [-0.39, 0.29) is 6.61 Å². The van der Waals surface area contributed by atoms with Crippen molar-refractivity contribution in [2.24, 2.45) is 0 Å².